The lowest BCUT2D eigenvalue weighted by molar-refractivity contribution is -0.384. The Kier molecular flexibility index (Phi) is 5.00. The SMILES string of the molecule is O=C1c2ccc(NS(=O)(=O)c3ccc([N+](=O)[O-])cc3)cc2C(=O)N1CC1CCCO1. The van der Waals surface area contributed by atoms with Crippen LogP contribution >= 0.6 is 0 Å². The van der Waals surface area contributed by atoms with E-state index in [9.17, 15) is 28.1 Å². The van der Waals surface area contributed by atoms with E-state index in [1.807, 2.05) is 0 Å². The lowest BCUT2D eigenvalue weighted by Crippen LogP contribution is -2.36. The lowest BCUT2D eigenvalue weighted by atomic mass is 10.1. The minimum Gasteiger partial charge on any atom is -0.376 e. The molecule has 0 spiro atoms. The van der Waals surface area contributed by atoms with Crippen molar-refractivity contribution in [3.05, 3.63) is 63.7 Å². The summed E-state index contributed by atoms with van der Waals surface area (Å²) in [4.78, 5) is 36.3. The second-order valence-electron chi connectivity index (χ2n) is 6.97. The van der Waals surface area contributed by atoms with Crippen molar-refractivity contribution in [2.45, 2.75) is 23.8 Å². The third-order valence-electron chi connectivity index (χ3n) is 4.99. The molecule has 1 fully saturated rings. The van der Waals surface area contributed by atoms with Crippen molar-refractivity contribution in [2.24, 2.45) is 0 Å². The second-order valence-corrected chi connectivity index (χ2v) is 8.66. The summed E-state index contributed by atoms with van der Waals surface area (Å²) in [5.74, 6) is -0.933. The number of sulfonamides is 1. The first-order valence-corrected chi connectivity index (χ1v) is 10.6. The van der Waals surface area contributed by atoms with Gasteiger partial charge in [0.15, 0.2) is 0 Å². The van der Waals surface area contributed by atoms with E-state index < -0.39 is 26.8 Å². The highest BCUT2D eigenvalue weighted by Gasteiger charge is 2.37. The zero-order valence-electron chi connectivity index (χ0n) is 15.6. The first kappa shape index (κ1) is 20.0. The van der Waals surface area contributed by atoms with Gasteiger partial charge >= 0.3 is 0 Å². The number of nitro groups is 1. The Labute approximate surface area is 171 Å². The Balaban J connectivity index is 1.55. The van der Waals surface area contributed by atoms with E-state index in [0.717, 1.165) is 42.0 Å². The van der Waals surface area contributed by atoms with Gasteiger partial charge in [0.05, 0.1) is 33.6 Å². The zero-order valence-corrected chi connectivity index (χ0v) is 16.4. The summed E-state index contributed by atoms with van der Waals surface area (Å²) in [6, 6.07) is 8.51. The number of nitrogens with one attached hydrogen (secondary N) is 1. The molecule has 11 heteroatoms. The van der Waals surface area contributed by atoms with Crippen LogP contribution < -0.4 is 4.72 Å². The number of non-ortho nitro benzene ring substituents is 1. The number of anilines is 1. The number of carbonyl (C=O) groups is 2. The van der Waals surface area contributed by atoms with E-state index in [1.54, 1.807) is 0 Å². The molecule has 0 saturated carbocycles. The van der Waals surface area contributed by atoms with Crippen molar-refractivity contribution in [3.8, 4) is 0 Å². The van der Waals surface area contributed by atoms with Gasteiger partial charge in [-0.05, 0) is 43.2 Å². The summed E-state index contributed by atoms with van der Waals surface area (Å²) in [5.41, 5.74) is 0.187. The van der Waals surface area contributed by atoms with Crippen LogP contribution in [-0.4, -0.2) is 49.3 Å². The van der Waals surface area contributed by atoms with Gasteiger partial charge in [-0.1, -0.05) is 0 Å². The Hall–Kier alpha value is -3.31. The number of nitro benzene ring substituents is 1. The summed E-state index contributed by atoms with van der Waals surface area (Å²) in [7, 11) is -4.04. The number of ether oxygens (including phenoxy) is 1. The van der Waals surface area contributed by atoms with Gasteiger partial charge in [-0.25, -0.2) is 8.42 Å². The van der Waals surface area contributed by atoms with Crippen LogP contribution in [0.4, 0.5) is 11.4 Å². The molecule has 1 N–H and O–H groups in total. The van der Waals surface area contributed by atoms with Crippen molar-refractivity contribution >= 4 is 33.2 Å². The minimum absolute atomic E-state index is 0.104. The van der Waals surface area contributed by atoms with Crippen molar-refractivity contribution < 1.29 is 27.7 Å². The third kappa shape index (κ3) is 3.64. The molecule has 2 heterocycles. The molecule has 2 amide bonds. The monoisotopic (exact) mass is 431 g/mol. The van der Waals surface area contributed by atoms with Crippen LogP contribution in [0.3, 0.4) is 0 Å². The van der Waals surface area contributed by atoms with Gasteiger partial charge in [-0.2, -0.15) is 0 Å². The van der Waals surface area contributed by atoms with E-state index >= 15 is 0 Å². The van der Waals surface area contributed by atoms with Gasteiger partial charge in [0.25, 0.3) is 27.5 Å². The van der Waals surface area contributed by atoms with Crippen LogP contribution in [0.2, 0.25) is 0 Å². The molecular weight excluding hydrogens is 414 g/mol. The van der Waals surface area contributed by atoms with Crippen molar-refractivity contribution in [2.75, 3.05) is 17.9 Å². The van der Waals surface area contributed by atoms with Gasteiger partial charge in [0.2, 0.25) is 0 Å². The summed E-state index contributed by atoms with van der Waals surface area (Å²) >= 11 is 0. The zero-order chi connectivity index (χ0) is 21.5. The molecule has 1 saturated heterocycles. The van der Waals surface area contributed by atoms with Gasteiger partial charge in [-0.15, -0.1) is 0 Å². The van der Waals surface area contributed by atoms with Crippen LogP contribution in [0.15, 0.2) is 47.4 Å². The van der Waals surface area contributed by atoms with E-state index in [1.165, 1.54) is 18.2 Å². The Bertz CT molecular complexity index is 1140. The Morgan fingerprint density at radius 3 is 2.43 bits per heavy atom. The van der Waals surface area contributed by atoms with Gasteiger partial charge < -0.3 is 4.74 Å². The molecule has 0 aromatic heterocycles. The van der Waals surface area contributed by atoms with Crippen LogP contribution in [0.25, 0.3) is 0 Å². The van der Waals surface area contributed by atoms with Gasteiger partial charge in [-0.3, -0.25) is 29.3 Å². The Morgan fingerprint density at radius 2 is 1.80 bits per heavy atom. The van der Waals surface area contributed by atoms with Crippen LogP contribution in [0.5, 0.6) is 0 Å². The molecule has 1 atom stereocenters. The number of imide groups is 1. The largest absolute Gasteiger partial charge is 0.376 e. The van der Waals surface area contributed by atoms with Gasteiger partial charge in [0, 0.05) is 24.4 Å². The molecule has 0 aliphatic carbocycles. The molecule has 2 aromatic rings. The summed E-state index contributed by atoms with van der Waals surface area (Å²) in [5, 5.41) is 10.7. The normalized spacial score (nSPS) is 18.5. The van der Waals surface area contributed by atoms with Crippen molar-refractivity contribution in [1.82, 2.24) is 4.90 Å². The molecule has 2 aromatic carbocycles. The standard InChI is InChI=1S/C19H17N3O7S/c23-18-16-8-3-12(10-17(16)19(24)21(18)11-14-2-1-9-29-14)20-30(27,28)15-6-4-13(5-7-15)22(25)26/h3-8,10,14,20H,1-2,9,11H2. The Morgan fingerprint density at radius 1 is 1.10 bits per heavy atom. The highest BCUT2D eigenvalue weighted by molar-refractivity contribution is 7.92. The summed E-state index contributed by atoms with van der Waals surface area (Å²) in [6.45, 7) is 0.763. The van der Waals surface area contributed by atoms with E-state index in [2.05, 4.69) is 4.72 Å². The van der Waals surface area contributed by atoms with E-state index in [4.69, 9.17) is 4.74 Å². The minimum atomic E-state index is -4.04. The van der Waals surface area contributed by atoms with Crippen molar-refractivity contribution in [1.29, 1.82) is 0 Å². The summed E-state index contributed by atoms with van der Waals surface area (Å²) < 4.78 is 33.0. The number of nitrogens with zero attached hydrogens (tertiary/aromatic N) is 2. The number of fused-ring (bicyclic) bond motifs is 1. The second kappa shape index (κ2) is 7.50. The summed E-state index contributed by atoms with van der Waals surface area (Å²) in [6.07, 6.45) is 1.46. The molecular formula is C19H17N3O7S. The number of hydrogen-bond donors (Lipinski definition) is 1. The fourth-order valence-corrected chi connectivity index (χ4v) is 4.52. The quantitative estimate of drug-likeness (QED) is 0.420. The fourth-order valence-electron chi connectivity index (χ4n) is 3.47. The number of rotatable bonds is 6. The maximum atomic E-state index is 12.7. The van der Waals surface area contributed by atoms with Crippen LogP contribution in [0, 0.1) is 10.1 Å². The molecule has 1 unspecified atom stereocenters. The lowest BCUT2D eigenvalue weighted by Gasteiger charge is -2.17. The average molecular weight is 431 g/mol. The molecule has 30 heavy (non-hydrogen) atoms. The number of carbonyl (C=O) groups excluding carboxylic acids is 2. The first-order valence-electron chi connectivity index (χ1n) is 9.15. The number of hydrogen-bond acceptors (Lipinski definition) is 7. The van der Waals surface area contributed by atoms with Gasteiger partial charge in [0.1, 0.15) is 0 Å². The molecule has 2 aliphatic rings. The van der Waals surface area contributed by atoms with Crippen LogP contribution in [-0.2, 0) is 14.8 Å². The van der Waals surface area contributed by atoms with E-state index in [0.29, 0.717) is 6.61 Å². The average Bonchev–Trinajstić information content (AvgIpc) is 3.31. The van der Waals surface area contributed by atoms with Crippen LogP contribution in [0.1, 0.15) is 33.6 Å². The molecule has 10 nitrogen and oxygen atoms in total. The molecule has 156 valence electrons. The predicted molar refractivity (Wildman–Crippen MR) is 105 cm³/mol. The van der Waals surface area contributed by atoms with Crippen molar-refractivity contribution in [3.63, 3.8) is 0 Å². The van der Waals surface area contributed by atoms with E-state index in [-0.39, 0.29) is 40.0 Å². The first-order chi connectivity index (χ1) is 14.3. The highest BCUT2D eigenvalue weighted by atomic mass is 32.2. The third-order valence-corrected chi connectivity index (χ3v) is 6.39. The maximum absolute atomic E-state index is 12.7. The molecule has 0 radical (unpaired) electrons. The smallest absolute Gasteiger partial charge is 0.269 e. The fraction of sp³-hybridized carbons (Fsp3) is 0.263. The number of benzene rings is 2. The molecule has 2 aliphatic heterocycles. The molecule has 4 rings (SSSR count). The molecule has 0 bridgehead atoms. The maximum Gasteiger partial charge on any atom is 0.269 e. The topological polar surface area (TPSA) is 136 Å². The number of amides is 2. The highest BCUT2D eigenvalue weighted by Crippen LogP contribution is 2.28. The predicted octanol–water partition coefficient (Wildman–Crippen LogP) is 2.17.